The summed E-state index contributed by atoms with van der Waals surface area (Å²) in [5, 5.41) is 9.49. The summed E-state index contributed by atoms with van der Waals surface area (Å²) in [6, 6.07) is 7.63. The number of aliphatic imine (C=N–C) groups is 1. The van der Waals surface area contributed by atoms with Gasteiger partial charge in [0.2, 0.25) is 0 Å². The van der Waals surface area contributed by atoms with Crippen LogP contribution in [0.15, 0.2) is 29.3 Å². The van der Waals surface area contributed by atoms with E-state index in [9.17, 15) is 4.79 Å². The van der Waals surface area contributed by atoms with E-state index in [1.165, 1.54) is 0 Å². The van der Waals surface area contributed by atoms with Crippen molar-refractivity contribution in [3.63, 3.8) is 0 Å². The summed E-state index contributed by atoms with van der Waals surface area (Å²) in [5.74, 6) is 1.31. The summed E-state index contributed by atoms with van der Waals surface area (Å²) < 4.78 is 0. The summed E-state index contributed by atoms with van der Waals surface area (Å²) in [5.41, 5.74) is 1.69. The molecule has 0 heterocycles. The molecule has 0 saturated heterocycles. The highest BCUT2D eigenvalue weighted by atomic mass is 127. The van der Waals surface area contributed by atoms with E-state index >= 15 is 0 Å². The molecule has 0 aliphatic carbocycles. The molecule has 0 aliphatic heterocycles. The molecule has 1 amide bonds. The Balaban J connectivity index is 0.00000625. The monoisotopic (exact) mass is 475 g/mol. The van der Waals surface area contributed by atoms with Gasteiger partial charge in [-0.2, -0.15) is 0 Å². The summed E-state index contributed by atoms with van der Waals surface area (Å²) in [6.45, 7) is 10.1. The number of carbonyl (C=O) groups is 1. The molecule has 3 N–H and O–H groups in total. The second kappa shape index (κ2) is 13.8. The first-order valence-electron chi connectivity index (χ1n) is 8.96. The van der Waals surface area contributed by atoms with Gasteiger partial charge in [-0.3, -0.25) is 4.79 Å². The standard InChI is InChI=1S/C19H33N5O.HI/c1-6-20-19(22-13-15(2)3)23-14-16-8-7-9-17(12-16)18(25)21-10-11-24(4)5;/h7-9,12,15H,6,10-11,13-14H2,1-5H3,(H,21,25)(H2,20,22,23);1H. The van der Waals surface area contributed by atoms with Crippen molar-refractivity contribution in [2.45, 2.75) is 27.3 Å². The van der Waals surface area contributed by atoms with Gasteiger partial charge in [0.05, 0.1) is 6.54 Å². The average molecular weight is 475 g/mol. The topological polar surface area (TPSA) is 68.8 Å². The molecular formula is C19H34IN5O. The molecule has 7 heteroatoms. The van der Waals surface area contributed by atoms with E-state index in [0.29, 0.717) is 24.6 Å². The molecular weight excluding hydrogens is 441 g/mol. The zero-order chi connectivity index (χ0) is 18.7. The highest BCUT2D eigenvalue weighted by Gasteiger charge is 2.06. The molecule has 1 aromatic rings. The molecule has 1 aromatic carbocycles. The maximum Gasteiger partial charge on any atom is 0.251 e. The number of nitrogens with zero attached hydrogens (tertiary/aromatic N) is 2. The van der Waals surface area contributed by atoms with Gasteiger partial charge in [0.25, 0.3) is 5.91 Å². The predicted octanol–water partition coefficient (Wildman–Crippen LogP) is 2.31. The van der Waals surface area contributed by atoms with E-state index < -0.39 is 0 Å². The second-order valence-corrected chi connectivity index (χ2v) is 6.73. The van der Waals surface area contributed by atoms with E-state index in [4.69, 9.17) is 0 Å². The van der Waals surface area contributed by atoms with Gasteiger partial charge < -0.3 is 20.9 Å². The van der Waals surface area contributed by atoms with Crippen LogP contribution in [0.3, 0.4) is 0 Å². The fraction of sp³-hybridized carbons (Fsp3) is 0.579. The number of amides is 1. The Hall–Kier alpha value is -1.35. The third-order valence-electron chi connectivity index (χ3n) is 3.48. The third-order valence-corrected chi connectivity index (χ3v) is 3.48. The Morgan fingerprint density at radius 2 is 1.92 bits per heavy atom. The molecule has 0 atom stereocenters. The molecule has 6 nitrogen and oxygen atoms in total. The minimum atomic E-state index is -0.0440. The van der Waals surface area contributed by atoms with Crippen LogP contribution >= 0.6 is 24.0 Å². The largest absolute Gasteiger partial charge is 0.357 e. The Morgan fingerprint density at radius 1 is 1.19 bits per heavy atom. The molecule has 26 heavy (non-hydrogen) atoms. The molecule has 0 aromatic heterocycles. The van der Waals surface area contributed by atoms with E-state index in [0.717, 1.165) is 31.2 Å². The first-order valence-corrected chi connectivity index (χ1v) is 8.96. The second-order valence-electron chi connectivity index (χ2n) is 6.73. The molecule has 0 spiro atoms. The van der Waals surface area contributed by atoms with E-state index in [2.05, 4.69) is 34.8 Å². The Bertz CT molecular complexity index is 561. The highest BCUT2D eigenvalue weighted by molar-refractivity contribution is 14.0. The smallest absolute Gasteiger partial charge is 0.251 e. The van der Waals surface area contributed by atoms with Crippen LogP contribution in [0.4, 0.5) is 0 Å². The number of carbonyl (C=O) groups excluding carboxylic acids is 1. The van der Waals surface area contributed by atoms with Gasteiger partial charge >= 0.3 is 0 Å². The number of hydrogen-bond acceptors (Lipinski definition) is 3. The average Bonchev–Trinajstić information content (AvgIpc) is 2.57. The van der Waals surface area contributed by atoms with Crippen molar-refractivity contribution in [2.24, 2.45) is 10.9 Å². The van der Waals surface area contributed by atoms with Crippen molar-refractivity contribution >= 4 is 35.8 Å². The van der Waals surface area contributed by atoms with Crippen LogP contribution in [0.25, 0.3) is 0 Å². The maximum atomic E-state index is 12.2. The Labute approximate surface area is 175 Å². The van der Waals surface area contributed by atoms with Crippen molar-refractivity contribution < 1.29 is 4.79 Å². The van der Waals surface area contributed by atoms with E-state index in [-0.39, 0.29) is 29.9 Å². The first kappa shape index (κ1) is 24.7. The summed E-state index contributed by atoms with van der Waals surface area (Å²) in [6.07, 6.45) is 0. The molecule has 0 fully saturated rings. The lowest BCUT2D eigenvalue weighted by molar-refractivity contribution is 0.0951. The summed E-state index contributed by atoms with van der Waals surface area (Å²) >= 11 is 0. The maximum absolute atomic E-state index is 12.2. The van der Waals surface area contributed by atoms with Crippen molar-refractivity contribution in [1.29, 1.82) is 0 Å². The number of likely N-dealkylation sites (N-methyl/N-ethyl adjacent to an activating group) is 1. The molecule has 0 aliphatic rings. The number of hydrogen-bond donors (Lipinski definition) is 3. The Kier molecular flexibility index (Phi) is 13.1. The van der Waals surface area contributed by atoms with Crippen LogP contribution in [0.5, 0.6) is 0 Å². The van der Waals surface area contributed by atoms with Crippen LogP contribution in [-0.4, -0.2) is 57.0 Å². The molecule has 0 bridgehead atoms. The van der Waals surface area contributed by atoms with Crippen LogP contribution < -0.4 is 16.0 Å². The zero-order valence-corrected chi connectivity index (χ0v) is 19.0. The third kappa shape index (κ3) is 10.6. The van der Waals surface area contributed by atoms with Gasteiger partial charge in [0.1, 0.15) is 0 Å². The minimum Gasteiger partial charge on any atom is -0.357 e. The number of rotatable bonds is 9. The van der Waals surface area contributed by atoms with Crippen LogP contribution in [-0.2, 0) is 6.54 Å². The predicted molar refractivity (Wildman–Crippen MR) is 120 cm³/mol. The van der Waals surface area contributed by atoms with E-state index in [1.807, 2.05) is 50.2 Å². The zero-order valence-electron chi connectivity index (χ0n) is 16.6. The number of halogens is 1. The lowest BCUT2D eigenvalue weighted by Gasteiger charge is -2.13. The molecule has 0 unspecified atom stereocenters. The van der Waals surface area contributed by atoms with Gasteiger partial charge in [-0.25, -0.2) is 4.99 Å². The molecule has 1 rings (SSSR count). The number of nitrogens with one attached hydrogen (secondary N) is 3. The summed E-state index contributed by atoms with van der Waals surface area (Å²) in [4.78, 5) is 18.8. The van der Waals surface area contributed by atoms with Gasteiger partial charge in [0.15, 0.2) is 5.96 Å². The quantitative estimate of drug-likeness (QED) is 0.291. The van der Waals surface area contributed by atoms with Gasteiger partial charge in [-0.15, -0.1) is 24.0 Å². The van der Waals surface area contributed by atoms with Crippen molar-refractivity contribution in [3.05, 3.63) is 35.4 Å². The number of benzene rings is 1. The van der Waals surface area contributed by atoms with E-state index in [1.54, 1.807) is 0 Å². The van der Waals surface area contributed by atoms with Crippen molar-refractivity contribution in [1.82, 2.24) is 20.9 Å². The molecule has 148 valence electrons. The number of guanidine groups is 1. The van der Waals surface area contributed by atoms with Crippen molar-refractivity contribution in [3.8, 4) is 0 Å². The van der Waals surface area contributed by atoms with Crippen LogP contribution in [0.1, 0.15) is 36.7 Å². The lowest BCUT2D eigenvalue weighted by atomic mass is 10.1. The Morgan fingerprint density at radius 3 is 2.54 bits per heavy atom. The lowest BCUT2D eigenvalue weighted by Crippen LogP contribution is -2.39. The summed E-state index contributed by atoms with van der Waals surface area (Å²) in [7, 11) is 3.97. The highest BCUT2D eigenvalue weighted by Crippen LogP contribution is 2.07. The van der Waals surface area contributed by atoms with Gasteiger partial charge in [-0.1, -0.05) is 26.0 Å². The fourth-order valence-corrected chi connectivity index (χ4v) is 2.12. The van der Waals surface area contributed by atoms with Crippen LogP contribution in [0, 0.1) is 5.92 Å². The molecule has 0 saturated carbocycles. The minimum absolute atomic E-state index is 0. The van der Waals surface area contributed by atoms with Crippen LogP contribution in [0.2, 0.25) is 0 Å². The SMILES string of the molecule is CCNC(=NCc1cccc(C(=O)NCCN(C)C)c1)NCC(C)C.I. The van der Waals surface area contributed by atoms with Gasteiger partial charge in [0, 0.05) is 31.7 Å². The molecule has 0 radical (unpaired) electrons. The first-order chi connectivity index (χ1) is 11.9. The van der Waals surface area contributed by atoms with Crippen molar-refractivity contribution in [2.75, 3.05) is 40.3 Å². The fourth-order valence-electron chi connectivity index (χ4n) is 2.12. The van der Waals surface area contributed by atoms with Gasteiger partial charge in [-0.05, 0) is 44.6 Å². The normalized spacial score (nSPS) is 11.3.